The smallest absolute Gasteiger partial charge is 0.292 e. The molecule has 14 heavy (non-hydrogen) atoms. The summed E-state index contributed by atoms with van der Waals surface area (Å²) in [5.74, 6) is 1.41. The summed E-state index contributed by atoms with van der Waals surface area (Å²) in [7, 11) is 1.62. The van der Waals surface area contributed by atoms with Crippen molar-refractivity contribution in [1.29, 1.82) is 0 Å². The summed E-state index contributed by atoms with van der Waals surface area (Å²) in [5.41, 5.74) is 0.892. The zero-order chi connectivity index (χ0) is 9.97. The minimum Gasteiger partial charge on any atom is -0.497 e. The molecule has 2 rings (SSSR count). The molecule has 0 bridgehead atoms. The maximum Gasteiger partial charge on any atom is 0.292 e. The van der Waals surface area contributed by atoms with E-state index in [0.717, 1.165) is 11.3 Å². The van der Waals surface area contributed by atoms with Crippen molar-refractivity contribution >= 4 is 11.6 Å². The fourth-order valence-electron chi connectivity index (χ4n) is 1.16. The van der Waals surface area contributed by atoms with Gasteiger partial charge in [-0.05, 0) is 23.7 Å². The standard InChI is InChI=1S/C10H8ClNO2/c1-13-8-4-2-3-7(5-8)9-6-12-10(11)14-9/h2-6H,1H3. The fourth-order valence-corrected chi connectivity index (χ4v) is 1.29. The van der Waals surface area contributed by atoms with E-state index in [1.165, 1.54) is 0 Å². The van der Waals surface area contributed by atoms with Crippen molar-refractivity contribution in [1.82, 2.24) is 4.98 Å². The average molecular weight is 210 g/mol. The van der Waals surface area contributed by atoms with Crippen molar-refractivity contribution in [3.63, 3.8) is 0 Å². The van der Waals surface area contributed by atoms with Crippen LogP contribution in [0.4, 0.5) is 0 Å². The summed E-state index contributed by atoms with van der Waals surface area (Å²) in [5, 5.41) is 0.141. The van der Waals surface area contributed by atoms with E-state index in [1.807, 2.05) is 24.3 Å². The fraction of sp³-hybridized carbons (Fsp3) is 0.100. The molecule has 0 fully saturated rings. The van der Waals surface area contributed by atoms with Crippen LogP contribution >= 0.6 is 11.6 Å². The molecule has 0 radical (unpaired) electrons. The van der Waals surface area contributed by atoms with Crippen LogP contribution in [0.15, 0.2) is 34.9 Å². The molecule has 0 spiro atoms. The molecule has 0 aliphatic heterocycles. The van der Waals surface area contributed by atoms with Gasteiger partial charge in [-0.15, -0.1) is 0 Å². The number of nitrogens with zero attached hydrogens (tertiary/aromatic N) is 1. The van der Waals surface area contributed by atoms with E-state index in [0.29, 0.717) is 5.76 Å². The van der Waals surface area contributed by atoms with Gasteiger partial charge < -0.3 is 9.15 Å². The Morgan fingerprint density at radius 2 is 2.29 bits per heavy atom. The summed E-state index contributed by atoms with van der Waals surface area (Å²) < 4.78 is 10.3. The Bertz CT molecular complexity index is 439. The van der Waals surface area contributed by atoms with Crippen LogP contribution in [0.2, 0.25) is 5.35 Å². The van der Waals surface area contributed by atoms with Crippen LogP contribution < -0.4 is 4.74 Å². The van der Waals surface area contributed by atoms with Crippen LogP contribution in [-0.2, 0) is 0 Å². The Morgan fingerprint density at radius 1 is 1.43 bits per heavy atom. The molecule has 0 aliphatic rings. The molecule has 0 amide bonds. The number of aromatic nitrogens is 1. The van der Waals surface area contributed by atoms with Gasteiger partial charge in [0.2, 0.25) is 0 Å². The number of hydrogen-bond acceptors (Lipinski definition) is 3. The lowest BCUT2D eigenvalue weighted by Crippen LogP contribution is -1.82. The molecule has 0 N–H and O–H groups in total. The van der Waals surface area contributed by atoms with Gasteiger partial charge in [-0.2, -0.15) is 0 Å². The van der Waals surface area contributed by atoms with E-state index in [1.54, 1.807) is 13.3 Å². The SMILES string of the molecule is COc1cccc(-c2cnc(Cl)o2)c1. The molecule has 0 saturated heterocycles. The quantitative estimate of drug-likeness (QED) is 0.763. The molecule has 1 aromatic carbocycles. The van der Waals surface area contributed by atoms with Gasteiger partial charge in [0.1, 0.15) is 5.75 Å². The largest absolute Gasteiger partial charge is 0.497 e. The molecular weight excluding hydrogens is 202 g/mol. The van der Waals surface area contributed by atoms with Gasteiger partial charge in [0.15, 0.2) is 5.76 Å². The first kappa shape index (κ1) is 9.09. The van der Waals surface area contributed by atoms with Crippen LogP contribution in [0.1, 0.15) is 0 Å². The molecule has 0 atom stereocenters. The predicted molar refractivity (Wildman–Crippen MR) is 53.5 cm³/mol. The number of benzene rings is 1. The number of rotatable bonds is 2. The number of oxazole rings is 1. The van der Waals surface area contributed by atoms with Gasteiger partial charge >= 0.3 is 0 Å². The molecule has 0 saturated carbocycles. The van der Waals surface area contributed by atoms with Crippen molar-refractivity contribution in [2.24, 2.45) is 0 Å². The third-order valence-corrected chi connectivity index (χ3v) is 2.01. The summed E-state index contributed by atoms with van der Waals surface area (Å²) in [6, 6.07) is 7.50. The van der Waals surface area contributed by atoms with E-state index < -0.39 is 0 Å². The molecular formula is C10H8ClNO2. The summed E-state index contributed by atoms with van der Waals surface area (Å²) in [6.07, 6.45) is 1.58. The summed E-state index contributed by atoms with van der Waals surface area (Å²) in [4.78, 5) is 3.81. The zero-order valence-electron chi connectivity index (χ0n) is 7.53. The maximum absolute atomic E-state index is 5.57. The molecule has 4 heteroatoms. The minimum atomic E-state index is 0.141. The van der Waals surface area contributed by atoms with Gasteiger partial charge in [-0.1, -0.05) is 12.1 Å². The third-order valence-electron chi connectivity index (χ3n) is 1.83. The highest BCUT2D eigenvalue weighted by Crippen LogP contribution is 2.25. The summed E-state index contributed by atoms with van der Waals surface area (Å²) in [6.45, 7) is 0. The third kappa shape index (κ3) is 1.72. The van der Waals surface area contributed by atoms with Gasteiger partial charge in [0.05, 0.1) is 13.3 Å². The topological polar surface area (TPSA) is 35.3 Å². The molecule has 72 valence electrons. The van der Waals surface area contributed by atoms with Gasteiger partial charge in [-0.25, -0.2) is 4.98 Å². The van der Waals surface area contributed by atoms with Crippen LogP contribution in [0.3, 0.4) is 0 Å². The number of ether oxygens (including phenoxy) is 1. The maximum atomic E-state index is 5.57. The lowest BCUT2D eigenvalue weighted by Gasteiger charge is -2.00. The Balaban J connectivity index is 2.41. The van der Waals surface area contributed by atoms with E-state index in [-0.39, 0.29) is 5.35 Å². The average Bonchev–Trinajstić information content (AvgIpc) is 2.65. The first-order valence-electron chi connectivity index (χ1n) is 4.05. The molecule has 1 heterocycles. The normalized spacial score (nSPS) is 10.1. The Labute approximate surface area is 86.3 Å². The highest BCUT2D eigenvalue weighted by atomic mass is 35.5. The van der Waals surface area contributed by atoms with Crippen molar-refractivity contribution in [3.8, 4) is 17.1 Å². The second-order valence-electron chi connectivity index (χ2n) is 2.71. The predicted octanol–water partition coefficient (Wildman–Crippen LogP) is 3.00. The molecule has 0 aliphatic carbocycles. The lowest BCUT2D eigenvalue weighted by molar-refractivity contribution is 0.415. The zero-order valence-corrected chi connectivity index (χ0v) is 8.28. The van der Waals surface area contributed by atoms with Gasteiger partial charge in [0.25, 0.3) is 5.35 Å². The van der Waals surface area contributed by atoms with E-state index in [2.05, 4.69) is 4.98 Å². The van der Waals surface area contributed by atoms with Crippen molar-refractivity contribution in [3.05, 3.63) is 35.8 Å². The van der Waals surface area contributed by atoms with Crippen LogP contribution in [-0.4, -0.2) is 12.1 Å². The van der Waals surface area contributed by atoms with E-state index >= 15 is 0 Å². The second-order valence-corrected chi connectivity index (χ2v) is 3.03. The van der Waals surface area contributed by atoms with Crippen molar-refractivity contribution < 1.29 is 9.15 Å². The molecule has 0 unspecified atom stereocenters. The van der Waals surface area contributed by atoms with Crippen LogP contribution in [0.25, 0.3) is 11.3 Å². The van der Waals surface area contributed by atoms with Crippen molar-refractivity contribution in [2.45, 2.75) is 0 Å². The highest BCUT2D eigenvalue weighted by molar-refractivity contribution is 6.27. The Hall–Kier alpha value is -1.48. The Morgan fingerprint density at radius 3 is 2.93 bits per heavy atom. The summed E-state index contributed by atoms with van der Waals surface area (Å²) >= 11 is 5.57. The van der Waals surface area contributed by atoms with E-state index in [9.17, 15) is 0 Å². The van der Waals surface area contributed by atoms with E-state index in [4.69, 9.17) is 20.8 Å². The van der Waals surface area contributed by atoms with Crippen LogP contribution in [0.5, 0.6) is 5.75 Å². The minimum absolute atomic E-state index is 0.141. The lowest BCUT2D eigenvalue weighted by atomic mass is 10.2. The highest BCUT2D eigenvalue weighted by Gasteiger charge is 2.04. The number of methoxy groups -OCH3 is 1. The number of halogens is 1. The first-order valence-corrected chi connectivity index (χ1v) is 4.43. The van der Waals surface area contributed by atoms with Crippen molar-refractivity contribution in [2.75, 3.05) is 7.11 Å². The van der Waals surface area contributed by atoms with Crippen LogP contribution in [0, 0.1) is 0 Å². The monoisotopic (exact) mass is 209 g/mol. The molecule has 1 aromatic heterocycles. The first-order chi connectivity index (χ1) is 6.79. The number of hydrogen-bond donors (Lipinski definition) is 0. The van der Waals surface area contributed by atoms with Gasteiger partial charge in [-0.3, -0.25) is 0 Å². The Kier molecular flexibility index (Phi) is 2.41. The second kappa shape index (κ2) is 3.72. The molecule has 2 aromatic rings. The molecule has 3 nitrogen and oxygen atoms in total. The van der Waals surface area contributed by atoms with Gasteiger partial charge in [0, 0.05) is 5.56 Å².